The van der Waals surface area contributed by atoms with Crippen LogP contribution in [0.4, 0.5) is 0 Å². The molecule has 0 unspecified atom stereocenters. The van der Waals surface area contributed by atoms with E-state index in [1.165, 1.54) is 0 Å². The van der Waals surface area contributed by atoms with Crippen molar-refractivity contribution in [3.8, 4) is 0 Å². The predicted molar refractivity (Wildman–Crippen MR) is 95.8 cm³/mol. The van der Waals surface area contributed by atoms with Gasteiger partial charge in [0.2, 0.25) is 0 Å². The Morgan fingerprint density at radius 3 is 2.24 bits per heavy atom. The van der Waals surface area contributed by atoms with Gasteiger partial charge in [-0.25, -0.2) is 0 Å². The molecule has 5 heteroatoms. The van der Waals surface area contributed by atoms with Crippen molar-refractivity contribution in [1.29, 1.82) is 0 Å². The molecule has 0 aromatic rings. The summed E-state index contributed by atoms with van der Waals surface area (Å²) in [5.41, 5.74) is 0.665. The smallest absolute Gasteiger partial charge is 0.305 e. The van der Waals surface area contributed by atoms with Crippen LogP contribution in [0.5, 0.6) is 0 Å². The Balaban J connectivity index is 3.15. The number of allylic oxidation sites excluding steroid dienone is 2. The topological polar surface area (TPSA) is 69.7 Å². The zero-order chi connectivity index (χ0) is 19.3. The fraction of sp³-hybridized carbons (Fsp3) is 0.750. The highest BCUT2D eigenvalue weighted by Gasteiger charge is 2.43. The number of carbonyl (C=O) groups is 3. The van der Waals surface area contributed by atoms with Gasteiger partial charge in [-0.1, -0.05) is 41.5 Å². The van der Waals surface area contributed by atoms with Gasteiger partial charge in [-0.15, -0.1) is 0 Å². The molecule has 0 aliphatic carbocycles. The first-order valence-electron chi connectivity index (χ1n) is 9.32. The molecule has 5 atom stereocenters. The highest BCUT2D eigenvalue weighted by molar-refractivity contribution is 5.98. The third kappa shape index (κ3) is 4.71. The van der Waals surface area contributed by atoms with E-state index >= 15 is 0 Å². The molecule has 0 bridgehead atoms. The van der Waals surface area contributed by atoms with E-state index in [9.17, 15) is 14.4 Å². The minimum Gasteiger partial charge on any atom is -0.493 e. The van der Waals surface area contributed by atoms with Crippen molar-refractivity contribution < 1.29 is 23.9 Å². The first kappa shape index (κ1) is 21.4. The summed E-state index contributed by atoms with van der Waals surface area (Å²) in [4.78, 5) is 36.7. The first-order chi connectivity index (χ1) is 11.7. The Hall–Kier alpha value is -1.65. The predicted octanol–water partition coefficient (Wildman–Crippen LogP) is 3.85. The monoisotopic (exact) mass is 352 g/mol. The van der Waals surface area contributed by atoms with Gasteiger partial charge in [0.05, 0.1) is 11.8 Å². The van der Waals surface area contributed by atoms with Crippen LogP contribution in [0.2, 0.25) is 0 Å². The SMILES string of the molecule is CCC(=O)O[C@H]([C@@H](C)[C@@H]1OC(CC)=C(C)C(=O)[C@H]1C)[C@H](C)C(=O)CC. The lowest BCUT2D eigenvalue weighted by Gasteiger charge is -2.39. The van der Waals surface area contributed by atoms with Gasteiger partial charge in [-0.2, -0.15) is 0 Å². The largest absolute Gasteiger partial charge is 0.493 e. The third-order valence-electron chi connectivity index (χ3n) is 5.24. The molecule has 0 fully saturated rings. The number of ketones is 2. The molecule has 142 valence electrons. The Morgan fingerprint density at radius 1 is 1.16 bits per heavy atom. The van der Waals surface area contributed by atoms with Crippen LogP contribution >= 0.6 is 0 Å². The number of ether oxygens (including phenoxy) is 2. The van der Waals surface area contributed by atoms with Gasteiger partial charge in [0.1, 0.15) is 23.8 Å². The molecular formula is C20H32O5. The molecule has 0 saturated heterocycles. The lowest BCUT2D eigenvalue weighted by Crippen LogP contribution is -2.47. The number of rotatable bonds is 8. The maximum absolute atomic E-state index is 12.6. The maximum Gasteiger partial charge on any atom is 0.305 e. The Kier molecular flexibility index (Phi) is 7.84. The van der Waals surface area contributed by atoms with Gasteiger partial charge in [-0.3, -0.25) is 14.4 Å². The van der Waals surface area contributed by atoms with Crippen LogP contribution in [-0.4, -0.2) is 29.7 Å². The summed E-state index contributed by atoms with van der Waals surface area (Å²) in [7, 11) is 0. The lowest BCUT2D eigenvalue weighted by atomic mass is 9.78. The molecule has 0 N–H and O–H groups in total. The van der Waals surface area contributed by atoms with Crippen molar-refractivity contribution in [1.82, 2.24) is 0 Å². The Morgan fingerprint density at radius 2 is 1.76 bits per heavy atom. The molecule has 1 aliphatic heterocycles. The van der Waals surface area contributed by atoms with E-state index in [0.717, 1.165) is 0 Å². The van der Waals surface area contributed by atoms with Crippen molar-refractivity contribution in [3.05, 3.63) is 11.3 Å². The van der Waals surface area contributed by atoms with E-state index in [1.54, 1.807) is 27.7 Å². The first-order valence-corrected chi connectivity index (χ1v) is 9.32. The van der Waals surface area contributed by atoms with E-state index < -0.39 is 18.1 Å². The van der Waals surface area contributed by atoms with Crippen LogP contribution in [0, 0.1) is 17.8 Å². The average molecular weight is 352 g/mol. The summed E-state index contributed by atoms with van der Waals surface area (Å²) < 4.78 is 11.7. The standard InChI is InChI=1S/C20H32O5/c1-8-15(21)11(4)19(25-17(22)10-3)14(7)20-13(6)18(23)12(5)16(9-2)24-20/h11,13-14,19-20H,8-10H2,1-7H3/t11-,13-,14-,19+,20-/m1/s1. The fourth-order valence-electron chi connectivity index (χ4n) is 3.49. The van der Waals surface area contributed by atoms with Gasteiger partial charge >= 0.3 is 5.97 Å². The molecule has 1 aliphatic rings. The summed E-state index contributed by atoms with van der Waals surface area (Å²) in [6.07, 6.45) is 0.253. The average Bonchev–Trinajstić information content (AvgIpc) is 2.62. The van der Waals surface area contributed by atoms with Crippen molar-refractivity contribution in [2.75, 3.05) is 0 Å². The second kappa shape index (κ2) is 9.16. The van der Waals surface area contributed by atoms with Crippen LogP contribution in [0.15, 0.2) is 11.3 Å². The summed E-state index contributed by atoms with van der Waals surface area (Å²) in [5, 5.41) is 0. The highest BCUT2D eigenvalue weighted by atomic mass is 16.5. The van der Waals surface area contributed by atoms with Crippen molar-refractivity contribution >= 4 is 17.5 Å². The quantitative estimate of drug-likeness (QED) is 0.621. The zero-order valence-electron chi connectivity index (χ0n) is 16.5. The molecule has 0 saturated carbocycles. The van der Waals surface area contributed by atoms with Gasteiger partial charge < -0.3 is 9.47 Å². The van der Waals surface area contributed by atoms with E-state index in [4.69, 9.17) is 9.47 Å². The summed E-state index contributed by atoms with van der Waals surface area (Å²) in [5.74, 6) is -0.585. The highest BCUT2D eigenvalue weighted by Crippen LogP contribution is 2.35. The number of esters is 1. The van der Waals surface area contributed by atoms with E-state index in [-0.39, 0.29) is 35.8 Å². The van der Waals surface area contributed by atoms with Crippen LogP contribution in [0.3, 0.4) is 0 Å². The third-order valence-corrected chi connectivity index (χ3v) is 5.24. The second-order valence-electron chi connectivity index (χ2n) is 6.91. The normalized spacial score (nSPS) is 24.4. The van der Waals surface area contributed by atoms with Gasteiger partial charge in [0.15, 0.2) is 5.78 Å². The lowest BCUT2D eigenvalue weighted by molar-refractivity contribution is -0.161. The van der Waals surface area contributed by atoms with Gasteiger partial charge in [0.25, 0.3) is 0 Å². The maximum atomic E-state index is 12.6. The molecule has 0 radical (unpaired) electrons. The number of carbonyl (C=O) groups excluding carboxylic acids is 3. The number of Topliss-reactive ketones (excluding diaryl/α,β-unsaturated/α-hetero) is 2. The minimum absolute atomic E-state index is 0.0398. The van der Waals surface area contributed by atoms with E-state index in [1.807, 2.05) is 20.8 Å². The van der Waals surface area contributed by atoms with Crippen LogP contribution in [0.25, 0.3) is 0 Å². The zero-order valence-corrected chi connectivity index (χ0v) is 16.5. The molecule has 0 aromatic carbocycles. The second-order valence-corrected chi connectivity index (χ2v) is 6.91. The minimum atomic E-state index is -0.600. The number of hydrogen-bond donors (Lipinski definition) is 0. The summed E-state index contributed by atoms with van der Waals surface area (Å²) in [6.45, 7) is 12.8. The fourth-order valence-corrected chi connectivity index (χ4v) is 3.49. The molecule has 1 rings (SSSR count). The molecule has 0 amide bonds. The van der Waals surface area contributed by atoms with Crippen LogP contribution in [-0.2, 0) is 23.9 Å². The molecule has 25 heavy (non-hydrogen) atoms. The molecular weight excluding hydrogens is 320 g/mol. The van der Waals surface area contributed by atoms with E-state index in [0.29, 0.717) is 24.2 Å². The molecule has 5 nitrogen and oxygen atoms in total. The summed E-state index contributed by atoms with van der Waals surface area (Å²) >= 11 is 0. The van der Waals surface area contributed by atoms with Gasteiger partial charge in [0, 0.05) is 30.8 Å². The summed E-state index contributed by atoms with van der Waals surface area (Å²) in [6, 6.07) is 0. The van der Waals surface area contributed by atoms with Crippen molar-refractivity contribution in [3.63, 3.8) is 0 Å². The molecule has 0 aromatic heterocycles. The van der Waals surface area contributed by atoms with Gasteiger partial charge in [-0.05, 0) is 6.92 Å². The molecule has 1 heterocycles. The Labute approximate surface area is 151 Å². The Bertz CT molecular complexity index is 548. The molecule has 0 spiro atoms. The van der Waals surface area contributed by atoms with Crippen LogP contribution in [0.1, 0.15) is 67.7 Å². The van der Waals surface area contributed by atoms with Crippen molar-refractivity contribution in [2.45, 2.75) is 79.9 Å². The van der Waals surface area contributed by atoms with Crippen molar-refractivity contribution in [2.24, 2.45) is 17.8 Å². The number of hydrogen-bond acceptors (Lipinski definition) is 5. The van der Waals surface area contributed by atoms with E-state index in [2.05, 4.69) is 0 Å². The van der Waals surface area contributed by atoms with Crippen LogP contribution < -0.4 is 0 Å².